The molecule has 1 N–H and O–H groups in total. The van der Waals surface area contributed by atoms with Crippen LogP contribution in [0, 0.1) is 0 Å². The highest BCUT2D eigenvalue weighted by molar-refractivity contribution is 5.89. The van der Waals surface area contributed by atoms with Gasteiger partial charge in [-0.25, -0.2) is 24.1 Å². The van der Waals surface area contributed by atoms with Crippen LogP contribution in [0.15, 0.2) is 73.3 Å². The summed E-state index contributed by atoms with van der Waals surface area (Å²) in [4.78, 5) is 37.6. The maximum atomic E-state index is 16.7. The van der Waals surface area contributed by atoms with Gasteiger partial charge in [-0.3, -0.25) is 9.36 Å². The Morgan fingerprint density at radius 2 is 1.74 bits per heavy atom. The largest absolute Gasteiger partial charge is 0.459 e. The number of aromatic nitrogens is 4. The molecule has 0 bridgehead atoms. The number of carbonyl (C=O) groups is 2. The molecule has 2 aromatic heterocycles. The van der Waals surface area contributed by atoms with Crippen molar-refractivity contribution in [1.29, 1.82) is 0 Å². The number of halogens is 1. The van der Waals surface area contributed by atoms with Gasteiger partial charge in [0.15, 0.2) is 34.5 Å². The van der Waals surface area contributed by atoms with E-state index in [0.29, 0.717) is 29.1 Å². The summed E-state index contributed by atoms with van der Waals surface area (Å²) in [5.74, 6) is -0.837. The number of imidazole rings is 1. The van der Waals surface area contributed by atoms with E-state index in [2.05, 4.69) is 20.3 Å². The van der Waals surface area contributed by atoms with E-state index in [0.717, 1.165) is 5.56 Å². The third-order valence-electron chi connectivity index (χ3n) is 6.99. The first-order chi connectivity index (χ1) is 18.7. The first-order valence-corrected chi connectivity index (χ1v) is 12.4. The fourth-order valence-electron chi connectivity index (χ4n) is 4.71. The number of nitrogens with zero attached hydrogens (tertiary/aromatic N) is 4. The van der Waals surface area contributed by atoms with Crippen LogP contribution in [0.1, 0.15) is 42.9 Å². The quantitative estimate of drug-likeness (QED) is 0.332. The molecule has 2 unspecified atom stereocenters. The molecule has 4 aromatic rings. The first kappa shape index (κ1) is 26.2. The van der Waals surface area contributed by atoms with Crippen LogP contribution in [0.5, 0.6) is 0 Å². The molecule has 10 nitrogen and oxygen atoms in total. The molecule has 0 spiro atoms. The third kappa shape index (κ3) is 4.92. The number of alkyl halides is 1. The lowest BCUT2D eigenvalue weighted by molar-refractivity contribution is -0.175. The van der Waals surface area contributed by atoms with Gasteiger partial charge in [0.1, 0.15) is 19.0 Å². The van der Waals surface area contributed by atoms with Gasteiger partial charge in [-0.15, -0.1) is 0 Å². The molecule has 5 rings (SSSR count). The van der Waals surface area contributed by atoms with Crippen LogP contribution in [0.2, 0.25) is 0 Å². The predicted molar refractivity (Wildman–Crippen MR) is 139 cm³/mol. The minimum Gasteiger partial charge on any atom is -0.459 e. The molecule has 1 saturated heterocycles. The van der Waals surface area contributed by atoms with E-state index in [1.165, 1.54) is 38.0 Å². The lowest BCUT2D eigenvalue weighted by Gasteiger charge is -2.36. The maximum Gasteiger partial charge on any atom is 0.338 e. The normalized spacial score (nSPS) is 24.4. The monoisotopic (exact) mass is 533 g/mol. The van der Waals surface area contributed by atoms with Crippen molar-refractivity contribution in [2.24, 2.45) is 0 Å². The van der Waals surface area contributed by atoms with E-state index >= 15 is 4.39 Å². The summed E-state index contributed by atoms with van der Waals surface area (Å²) in [6.07, 6.45) is 0.332. The Bertz CT molecular complexity index is 1480. The number of rotatable bonds is 8. The lowest BCUT2D eigenvalue weighted by atomic mass is 9.84. The summed E-state index contributed by atoms with van der Waals surface area (Å²) in [6.45, 7) is 4.04. The topological polar surface area (TPSA) is 117 Å². The number of carbonyl (C=O) groups excluding carboxylic acids is 2. The first-order valence-electron chi connectivity index (χ1n) is 12.4. The van der Waals surface area contributed by atoms with Gasteiger partial charge >= 0.3 is 11.9 Å². The van der Waals surface area contributed by atoms with Crippen molar-refractivity contribution in [3.63, 3.8) is 0 Å². The summed E-state index contributed by atoms with van der Waals surface area (Å²) in [7, 11) is 0. The summed E-state index contributed by atoms with van der Waals surface area (Å²) in [5.41, 5.74) is -1.94. The Balaban J connectivity index is 1.43. The highest BCUT2D eigenvalue weighted by Gasteiger charge is 2.66. The summed E-state index contributed by atoms with van der Waals surface area (Å²) < 4.78 is 35.2. The summed E-state index contributed by atoms with van der Waals surface area (Å²) >= 11 is 0. The molecule has 0 amide bonds. The number of nitrogens with one attached hydrogen (secondary N) is 1. The second-order valence-electron chi connectivity index (χ2n) is 9.60. The molecule has 39 heavy (non-hydrogen) atoms. The molecule has 4 atom stereocenters. The van der Waals surface area contributed by atoms with Crippen LogP contribution in [0.3, 0.4) is 0 Å². The van der Waals surface area contributed by atoms with Gasteiger partial charge < -0.3 is 19.5 Å². The van der Waals surface area contributed by atoms with Crippen LogP contribution < -0.4 is 5.32 Å². The lowest BCUT2D eigenvalue weighted by Crippen LogP contribution is -2.55. The highest BCUT2D eigenvalue weighted by atomic mass is 19.1. The molecule has 0 radical (unpaired) electrons. The van der Waals surface area contributed by atoms with Crippen molar-refractivity contribution < 1.29 is 28.2 Å². The van der Waals surface area contributed by atoms with Gasteiger partial charge in [-0.1, -0.05) is 48.5 Å². The van der Waals surface area contributed by atoms with Crippen LogP contribution in [0.4, 0.5) is 10.2 Å². The molecule has 0 saturated carbocycles. The minimum absolute atomic E-state index is 0.321. The fourth-order valence-corrected chi connectivity index (χ4v) is 4.71. The zero-order valence-electron chi connectivity index (χ0n) is 21.7. The molecule has 1 aliphatic heterocycles. The van der Waals surface area contributed by atoms with Crippen LogP contribution in [0.25, 0.3) is 11.2 Å². The van der Waals surface area contributed by atoms with E-state index in [4.69, 9.17) is 14.2 Å². The standard InChI is InChI=1S/C28H28FN5O5/c1-18(35)39-28(3)21(15-37-25(36)20-12-8-5-9-13-20)38-26(27(28,2)29)34-17-33-22-23(31-16-32-24(22)34)30-14-19-10-6-4-7-11-19/h4-13,16-17,21,26H,14-15H2,1-3H3,(H,30,31,32)/t21-,26?,27+,28?/m1/s1. The smallest absolute Gasteiger partial charge is 0.338 e. The molecule has 1 aliphatic rings. The number of fused-ring (bicyclic) bond motifs is 1. The molecule has 3 heterocycles. The van der Waals surface area contributed by atoms with E-state index in [1.807, 2.05) is 30.3 Å². The summed E-state index contributed by atoms with van der Waals surface area (Å²) in [6, 6.07) is 18.2. The second-order valence-corrected chi connectivity index (χ2v) is 9.60. The van der Waals surface area contributed by atoms with Crippen molar-refractivity contribution in [2.45, 2.75) is 50.9 Å². The average molecular weight is 534 g/mol. The molecular formula is C28H28FN5O5. The van der Waals surface area contributed by atoms with Gasteiger partial charge in [0.2, 0.25) is 0 Å². The number of anilines is 1. The Labute approximate surface area is 224 Å². The van der Waals surface area contributed by atoms with Gasteiger partial charge in [0.05, 0.1) is 11.9 Å². The average Bonchev–Trinajstić information content (AvgIpc) is 3.43. The zero-order valence-corrected chi connectivity index (χ0v) is 21.7. The SMILES string of the molecule is CC(=O)OC1(C)[C@@H](COC(=O)c2ccccc2)OC(n2cnc3c(NCc4ccccc4)ncnc32)[C@]1(C)F. The van der Waals surface area contributed by atoms with E-state index in [-0.39, 0.29) is 6.61 Å². The predicted octanol–water partition coefficient (Wildman–Crippen LogP) is 4.24. The second kappa shape index (κ2) is 10.4. The third-order valence-corrected chi connectivity index (χ3v) is 6.99. The van der Waals surface area contributed by atoms with E-state index < -0.39 is 35.5 Å². The van der Waals surface area contributed by atoms with Gasteiger partial charge in [0, 0.05) is 13.5 Å². The Kier molecular flexibility index (Phi) is 7.00. The highest BCUT2D eigenvalue weighted by Crippen LogP contribution is 2.51. The summed E-state index contributed by atoms with van der Waals surface area (Å²) in [5, 5.41) is 3.24. The van der Waals surface area contributed by atoms with Gasteiger partial charge in [-0.05, 0) is 31.5 Å². The molecule has 11 heteroatoms. The minimum atomic E-state index is -2.27. The number of hydrogen-bond acceptors (Lipinski definition) is 9. The number of benzene rings is 2. The van der Waals surface area contributed by atoms with E-state index in [9.17, 15) is 9.59 Å². The van der Waals surface area contributed by atoms with Gasteiger partial charge in [-0.2, -0.15) is 0 Å². The number of esters is 2. The van der Waals surface area contributed by atoms with Crippen molar-refractivity contribution in [3.05, 3.63) is 84.4 Å². The van der Waals surface area contributed by atoms with Crippen molar-refractivity contribution in [1.82, 2.24) is 19.5 Å². The zero-order chi connectivity index (χ0) is 27.6. The van der Waals surface area contributed by atoms with Gasteiger partial charge in [0.25, 0.3) is 0 Å². The number of ether oxygens (including phenoxy) is 3. The van der Waals surface area contributed by atoms with Crippen LogP contribution in [-0.4, -0.2) is 55.4 Å². The molecule has 1 fully saturated rings. The Hall–Kier alpha value is -4.38. The molecule has 0 aliphatic carbocycles. The van der Waals surface area contributed by atoms with E-state index in [1.54, 1.807) is 30.3 Å². The Morgan fingerprint density at radius 1 is 1.05 bits per heavy atom. The fraction of sp³-hybridized carbons (Fsp3) is 0.321. The molecule has 202 valence electrons. The Morgan fingerprint density at radius 3 is 2.44 bits per heavy atom. The van der Waals surface area contributed by atoms with Crippen LogP contribution in [-0.2, 0) is 25.5 Å². The van der Waals surface area contributed by atoms with Crippen molar-refractivity contribution >= 4 is 28.9 Å². The number of hydrogen-bond donors (Lipinski definition) is 1. The van der Waals surface area contributed by atoms with Crippen molar-refractivity contribution in [2.75, 3.05) is 11.9 Å². The van der Waals surface area contributed by atoms with Crippen LogP contribution >= 0.6 is 0 Å². The molecule has 2 aromatic carbocycles. The maximum absolute atomic E-state index is 16.7. The van der Waals surface area contributed by atoms with Crippen molar-refractivity contribution in [3.8, 4) is 0 Å². The molecular weight excluding hydrogens is 505 g/mol.